The second-order valence-corrected chi connectivity index (χ2v) is 7.40. The maximum absolute atomic E-state index is 14.0. The predicted octanol–water partition coefficient (Wildman–Crippen LogP) is 3.20. The number of rotatable bonds is 2. The second kappa shape index (κ2) is 6.23. The molecule has 2 saturated carbocycles. The van der Waals surface area contributed by atoms with Crippen molar-refractivity contribution in [2.24, 2.45) is 23.5 Å². The van der Waals surface area contributed by atoms with Gasteiger partial charge in [-0.1, -0.05) is 17.7 Å². The number of amides is 1. The molecule has 0 bridgehead atoms. The number of likely N-dealkylation sites (tertiary alicyclic amines) is 1. The van der Waals surface area contributed by atoms with Gasteiger partial charge in [-0.2, -0.15) is 0 Å². The molecule has 1 aromatic rings. The molecule has 4 rings (SSSR count). The topological polar surface area (TPSA) is 46.3 Å². The average Bonchev–Trinajstić information content (AvgIpc) is 3.01. The fraction of sp³-hybridized carbons (Fsp3) is 0.588. The van der Waals surface area contributed by atoms with Gasteiger partial charge in [-0.25, -0.2) is 4.39 Å². The third-order valence-electron chi connectivity index (χ3n) is 5.70. The lowest BCUT2D eigenvalue weighted by atomic mass is 9.98. The van der Waals surface area contributed by atoms with Gasteiger partial charge < -0.3 is 10.6 Å². The van der Waals surface area contributed by atoms with E-state index in [1.165, 1.54) is 6.07 Å². The Hall–Kier alpha value is -0.840. The smallest absolute Gasteiger partial charge is 0.226 e. The molecule has 5 atom stereocenters. The number of carbonyl (C=O) groups excluding carboxylic acids is 1. The summed E-state index contributed by atoms with van der Waals surface area (Å²) in [5.74, 6) is 0.713. The van der Waals surface area contributed by atoms with Crippen molar-refractivity contribution in [3.8, 4) is 0 Å². The minimum atomic E-state index is -0.298. The van der Waals surface area contributed by atoms with Crippen LogP contribution in [-0.4, -0.2) is 29.9 Å². The van der Waals surface area contributed by atoms with Gasteiger partial charge in [0.1, 0.15) is 5.82 Å². The van der Waals surface area contributed by atoms with E-state index in [-0.39, 0.29) is 42.0 Å². The van der Waals surface area contributed by atoms with Crippen molar-refractivity contribution in [3.05, 3.63) is 34.6 Å². The van der Waals surface area contributed by atoms with Crippen LogP contribution in [0.3, 0.4) is 0 Å². The van der Waals surface area contributed by atoms with E-state index in [2.05, 4.69) is 0 Å². The molecule has 5 unspecified atom stereocenters. The van der Waals surface area contributed by atoms with Gasteiger partial charge in [-0.05, 0) is 43.2 Å². The summed E-state index contributed by atoms with van der Waals surface area (Å²) < 4.78 is 14.0. The fourth-order valence-corrected chi connectivity index (χ4v) is 4.68. The van der Waals surface area contributed by atoms with Gasteiger partial charge in [-0.15, -0.1) is 12.4 Å². The molecule has 2 N–H and O–H groups in total. The summed E-state index contributed by atoms with van der Waals surface area (Å²) in [6.45, 7) is 1.60. The van der Waals surface area contributed by atoms with E-state index >= 15 is 0 Å². The highest BCUT2D eigenvalue weighted by molar-refractivity contribution is 6.31. The fourth-order valence-electron chi connectivity index (χ4n) is 4.37. The van der Waals surface area contributed by atoms with Crippen LogP contribution >= 0.6 is 24.0 Å². The third-order valence-corrected chi connectivity index (χ3v) is 6.03. The quantitative estimate of drug-likeness (QED) is 0.882. The van der Waals surface area contributed by atoms with Crippen LogP contribution in [0.25, 0.3) is 0 Å². The Morgan fingerprint density at radius 1 is 1.30 bits per heavy atom. The normalized spacial score (nSPS) is 34.9. The summed E-state index contributed by atoms with van der Waals surface area (Å²) in [4.78, 5) is 14.6. The number of fused-ring (bicyclic) bond motifs is 1. The Labute approximate surface area is 146 Å². The van der Waals surface area contributed by atoms with E-state index in [0.717, 1.165) is 25.9 Å². The summed E-state index contributed by atoms with van der Waals surface area (Å²) in [6.07, 6.45) is 2.91. The van der Waals surface area contributed by atoms with Crippen molar-refractivity contribution in [1.82, 2.24) is 4.90 Å². The molecule has 0 spiro atoms. The van der Waals surface area contributed by atoms with Crippen LogP contribution in [0.5, 0.6) is 0 Å². The van der Waals surface area contributed by atoms with Gasteiger partial charge in [0.25, 0.3) is 0 Å². The van der Waals surface area contributed by atoms with Crippen LogP contribution in [0.2, 0.25) is 5.02 Å². The molecular weight excluding hydrogens is 338 g/mol. The lowest BCUT2D eigenvalue weighted by Gasteiger charge is -2.19. The van der Waals surface area contributed by atoms with Crippen molar-refractivity contribution >= 4 is 29.9 Å². The van der Waals surface area contributed by atoms with Crippen LogP contribution in [0.4, 0.5) is 4.39 Å². The zero-order valence-corrected chi connectivity index (χ0v) is 14.3. The highest BCUT2D eigenvalue weighted by atomic mass is 35.5. The van der Waals surface area contributed by atoms with Crippen molar-refractivity contribution < 1.29 is 9.18 Å². The Morgan fingerprint density at radius 3 is 2.78 bits per heavy atom. The largest absolute Gasteiger partial charge is 0.342 e. The molecule has 0 radical (unpaired) electrons. The van der Waals surface area contributed by atoms with Crippen LogP contribution < -0.4 is 5.73 Å². The van der Waals surface area contributed by atoms with E-state index in [1.54, 1.807) is 12.1 Å². The molecule has 1 aliphatic heterocycles. The Balaban J connectivity index is 0.00000156. The molecule has 0 aromatic heterocycles. The molecule has 3 nitrogen and oxygen atoms in total. The van der Waals surface area contributed by atoms with Crippen LogP contribution in [-0.2, 0) is 4.79 Å². The number of hydrogen-bond acceptors (Lipinski definition) is 2. The zero-order chi connectivity index (χ0) is 15.4. The van der Waals surface area contributed by atoms with E-state index in [0.29, 0.717) is 28.8 Å². The summed E-state index contributed by atoms with van der Waals surface area (Å²) in [5, 5.41) is 0.431. The van der Waals surface area contributed by atoms with Crippen LogP contribution in [0.15, 0.2) is 18.2 Å². The summed E-state index contributed by atoms with van der Waals surface area (Å²) >= 11 is 6.11. The van der Waals surface area contributed by atoms with Crippen LogP contribution in [0, 0.1) is 23.6 Å². The number of carbonyl (C=O) groups is 1. The predicted molar refractivity (Wildman–Crippen MR) is 90.3 cm³/mol. The first kappa shape index (κ1) is 17.0. The van der Waals surface area contributed by atoms with Gasteiger partial charge in [0, 0.05) is 41.6 Å². The van der Waals surface area contributed by atoms with Gasteiger partial charge in [0.2, 0.25) is 5.91 Å². The van der Waals surface area contributed by atoms with Gasteiger partial charge in [0.05, 0.1) is 0 Å². The van der Waals surface area contributed by atoms with E-state index < -0.39 is 0 Å². The number of hydrogen-bond donors (Lipinski definition) is 1. The number of halogens is 3. The standard InChI is InChI=1S/C17H20ClFN2O.ClH/c18-13-2-1-3-14(19)16(13)10-6-11(10)17(22)21-7-9-4-5-15(20)12(9)8-21;/h1-3,9-12,15H,4-8,20H2;1H. The van der Waals surface area contributed by atoms with Crippen molar-refractivity contribution in [3.63, 3.8) is 0 Å². The number of nitrogens with zero attached hydrogens (tertiary/aromatic N) is 1. The lowest BCUT2D eigenvalue weighted by Crippen LogP contribution is -2.34. The minimum absolute atomic E-state index is 0. The molecule has 1 heterocycles. The zero-order valence-electron chi connectivity index (χ0n) is 12.8. The molecule has 126 valence electrons. The monoisotopic (exact) mass is 358 g/mol. The third kappa shape index (κ3) is 2.86. The molecule has 2 aliphatic carbocycles. The molecule has 6 heteroatoms. The van der Waals surface area contributed by atoms with E-state index in [9.17, 15) is 9.18 Å². The van der Waals surface area contributed by atoms with Gasteiger partial charge >= 0.3 is 0 Å². The number of nitrogens with two attached hydrogens (primary N) is 1. The average molecular weight is 359 g/mol. The van der Waals surface area contributed by atoms with Gasteiger partial charge in [-0.3, -0.25) is 4.79 Å². The molecular formula is C17H21Cl2FN2O. The Kier molecular flexibility index (Phi) is 4.60. The van der Waals surface area contributed by atoms with Crippen LogP contribution in [0.1, 0.15) is 30.7 Å². The molecule has 1 aromatic carbocycles. The SMILES string of the molecule is Cl.NC1CCC2CN(C(=O)C3CC3c3c(F)cccc3Cl)CC12. The summed E-state index contributed by atoms with van der Waals surface area (Å²) in [7, 11) is 0. The first-order valence-corrected chi connectivity index (χ1v) is 8.42. The minimum Gasteiger partial charge on any atom is -0.342 e. The van der Waals surface area contributed by atoms with Gasteiger partial charge in [0.15, 0.2) is 0 Å². The highest BCUT2D eigenvalue weighted by Gasteiger charge is 2.51. The summed E-state index contributed by atoms with van der Waals surface area (Å²) in [6, 6.07) is 4.95. The second-order valence-electron chi connectivity index (χ2n) is 6.99. The van der Waals surface area contributed by atoms with Crippen molar-refractivity contribution in [2.75, 3.05) is 13.1 Å². The molecule has 23 heavy (non-hydrogen) atoms. The maximum Gasteiger partial charge on any atom is 0.226 e. The van der Waals surface area contributed by atoms with E-state index in [1.807, 2.05) is 4.90 Å². The highest BCUT2D eigenvalue weighted by Crippen LogP contribution is 2.52. The molecule has 3 fully saturated rings. The molecule has 3 aliphatic rings. The first-order valence-electron chi connectivity index (χ1n) is 8.04. The molecule has 1 amide bonds. The summed E-state index contributed by atoms with van der Waals surface area (Å²) in [5.41, 5.74) is 6.64. The molecule has 1 saturated heterocycles. The first-order chi connectivity index (χ1) is 10.6. The maximum atomic E-state index is 14.0. The van der Waals surface area contributed by atoms with E-state index in [4.69, 9.17) is 17.3 Å². The Bertz CT molecular complexity index is 606. The van der Waals surface area contributed by atoms with Crippen molar-refractivity contribution in [2.45, 2.75) is 31.2 Å². The Morgan fingerprint density at radius 2 is 2.09 bits per heavy atom. The lowest BCUT2D eigenvalue weighted by molar-refractivity contribution is -0.131. The number of benzene rings is 1. The van der Waals surface area contributed by atoms with Crippen molar-refractivity contribution in [1.29, 1.82) is 0 Å².